The van der Waals surface area contributed by atoms with E-state index in [1.54, 1.807) is 0 Å². The van der Waals surface area contributed by atoms with Gasteiger partial charge in [-0.15, -0.1) is 22.2 Å². The first-order valence-electron chi connectivity index (χ1n) is 3.45. The molecule has 60 valence electrons. The van der Waals surface area contributed by atoms with Crippen molar-refractivity contribution >= 4 is 34.0 Å². The van der Waals surface area contributed by atoms with Crippen LogP contribution in [0.25, 0.3) is 0 Å². The third-order valence-corrected chi connectivity index (χ3v) is 4.16. The molecule has 0 radical (unpaired) electrons. The van der Waals surface area contributed by atoms with Crippen molar-refractivity contribution in [3.63, 3.8) is 0 Å². The summed E-state index contributed by atoms with van der Waals surface area (Å²) in [5, 5.41) is 1.08. The zero-order valence-electron chi connectivity index (χ0n) is 6.57. The maximum atomic E-state index is 6.03. The predicted octanol–water partition coefficient (Wildman–Crippen LogP) is 2.75. The molecule has 0 N–H and O–H groups in total. The van der Waals surface area contributed by atoms with Gasteiger partial charge in [-0.2, -0.15) is 0 Å². The van der Waals surface area contributed by atoms with Gasteiger partial charge in [-0.3, -0.25) is 0 Å². The lowest BCUT2D eigenvalue weighted by atomic mass is 10.2. The molecule has 0 amide bonds. The second kappa shape index (κ2) is 3.17. The summed E-state index contributed by atoms with van der Waals surface area (Å²) in [7, 11) is 0. The van der Waals surface area contributed by atoms with Gasteiger partial charge in [-0.05, 0) is 18.7 Å². The number of benzene rings is 1. The summed E-state index contributed by atoms with van der Waals surface area (Å²) in [4.78, 5) is 0. The molecule has 0 aliphatic heterocycles. The Morgan fingerprint density at radius 1 is 1.27 bits per heavy atom. The third-order valence-electron chi connectivity index (χ3n) is 1.52. The smallest absolute Gasteiger partial charge is 0.140 e. The highest BCUT2D eigenvalue weighted by molar-refractivity contribution is 7.50. The van der Waals surface area contributed by atoms with Crippen LogP contribution in [0.4, 0.5) is 0 Å². The fourth-order valence-electron chi connectivity index (χ4n) is 0.918. The Morgan fingerprint density at radius 3 is 2.27 bits per heavy atom. The summed E-state index contributed by atoms with van der Waals surface area (Å²) >= 11 is 12.1. The first-order valence-corrected chi connectivity index (χ1v) is 7.97. The molecule has 0 bridgehead atoms. The Bertz CT molecular complexity index is 253. The zero-order valence-corrected chi connectivity index (χ0v) is 9.08. The molecule has 0 spiro atoms. The Morgan fingerprint density at radius 2 is 1.91 bits per heavy atom. The number of halogens is 2. The van der Waals surface area contributed by atoms with Crippen LogP contribution in [-0.2, 0) is 0 Å². The van der Waals surface area contributed by atoms with Crippen molar-refractivity contribution in [2.75, 3.05) is 0 Å². The maximum Gasteiger partial charge on any atom is 0.277 e. The maximum absolute atomic E-state index is 6.03. The molecule has 0 saturated heterocycles. The first kappa shape index (κ1) is 9.11. The average Bonchev–Trinajstić information content (AvgIpc) is 1.86. The summed E-state index contributed by atoms with van der Waals surface area (Å²) in [5.41, 5.74) is 1.21. The normalized spacial score (nSPS) is 11.6. The number of aryl methyl sites for hydroxylation is 1. The molecule has 1 aromatic carbocycles. The number of hydrogen-bond acceptors (Lipinski definition) is 0. The topological polar surface area (TPSA) is 0 Å². The summed E-state index contributed by atoms with van der Waals surface area (Å²) < 4.78 is 0. The monoisotopic (exact) mass is 204 g/mol. The minimum Gasteiger partial charge on any atom is -0.140 e. The van der Waals surface area contributed by atoms with Gasteiger partial charge in [-0.1, -0.05) is 29.8 Å². The van der Waals surface area contributed by atoms with Gasteiger partial charge < -0.3 is 0 Å². The van der Waals surface area contributed by atoms with E-state index in [1.165, 1.54) is 5.56 Å². The van der Waals surface area contributed by atoms with Crippen molar-refractivity contribution in [3.8, 4) is 0 Å². The summed E-state index contributed by atoms with van der Waals surface area (Å²) in [6, 6.07) is 8.06. The number of hydrogen-bond donors (Lipinski definition) is 0. The van der Waals surface area contributed by atoms with Crippen LogP contribution in [0.1, 0.15) is 5.56 Å². The molecule has 0 saturated carbocycles. The molecule has 0 fully saturated rings. The van der Waals surface area contributed by atoms with Gasteiger partial charge in [-0.25, -0.2) is 0 Å². The molecule has 0 unspecified atom stereocenters. The van der Waals surface area contributed by atoms with Crippen LogP contribution >= 0.6 is 22.2 Å². The molecule has 3 heteroatoms. The van der Waals surface area contributed by atoms with Crippen LogP contribution in [0.15, 0.2) is 24.3 Å². The summed E-state index contributed by atoms with van der Waals surface area (Å²) in [6.45, 7) is 1.83. The Balaban J connectivity index is 3.06. The molecule has 0 aliphatic carbocycles. The highest BCUT2D eigenvalue weighted by Gasteiger charge is 2.23. The molecule has 1 aromatic rings. The fourth-order valence-corrected chi connectivity index (χ4v) is 2.49. The first-order chi connectivity index (χ1) is 5.00. The minimum atomic E-state index is -2.12. The average molecular weight is 205 g/mol. The molecule has 0 atom stereocenters. The van der Waals surface area contributed by atoms with Crippen LogP contribution in [0, 0.1) is 6.92 Å². The largest absolute Gasteiger partial charge is 0.277 e. The minimum absolute atomic E-state index is 1.08. The molecule has 0 nitrogen and oxygen atoms in total. The Kier molecular flexibility index (Phi) is 2.63. The van der Waals surface area contributed by atoms with Gasteiger partial charge in [0.15, 0.2) is 0 Å². The third kappa shape index (κ3) is 2.51. The molecule has 0 heterocycles. The highest BCUT2D eigenvalue weighted by atomic mass is 35.7. The van der Waals surface area contributed by atoms with Crippen molar-refractivity contribution in [1.29, 1.82) is 0 Å². The van der Waals surface area contributed by atoms with E-state index in [0.29, 0.717) is 0 Å². The van der Waals surface area contributed by atoms with E-state index >= 15 is 0 Å². The Labute approximate surface area is 77.6 Å². The van der Waals surface area contributed by atoms with E-state index in [1.807, 2.05) is 37.7 Å². The Hall–Kier alpha value is 0.0169. The van der Waals surface area contributed by atoms with Crippen LogP contribution in [0.5, 0.6) is 0 Å². The molecule has 0 aliphatic rings. The van der Waals surface area contributed by atoms with Crippen molar-refractivity contribution in [1.82, 2.24) is 0 Å². The van der Waals surface area contributed by atoms with E-state index < -0.39 is 6.69 Å². The van der Waals surface area contributed by atoms with E-state index in [4.69, 9.17) is 22.2 Å². The summed E-state index contributed by atoms with van der Waals surface area (Å²) in [6.07, 6.45) is 0. The van der Waals surface area contributed by atoms with E-state index in [2.05, 4.69) is 0 Å². The van der Waals surface area contributed by atoms with Crippen molar-refractivity contribution in [3.05, 3.63) is 29.8 Å². The lowest BCUT2D eigenvalue weighted by Crippen LogP contribution is -2.32. The second-order valence-corrected chi connectivity index (χ2v) is 10.2. The van der Waals surface area contributed by atoms with E-state index in [-0.39, 0.29) is 0 Å². The lowest BCUT2D eigenvalue weighted by molar-refractivity contribution is 1.49. The van der Waals surface area contributed by atoms with E-state index in [0.717, 1.165) is 5.19 Å². The zero-order chi connectivity index (χ0) is 8.48. The van der Waals surface area contributed by atoms with Crippen LogP contribution in [0.3, 0.4) is 0 Å². The van der Waals surface area contributed by atoms with Gasteiger partial charge >= 0.3 is 0 Å². The van der Waals surface area contributed by atoms with Gasteiger partial charge in [0, 0.05) is 0 Å². The van der Waals surface area contributed by atoms with Gasteiger partial charge in [0.25, 0.3) is 6.69 Å². The number of rotatable bonds is 1. The van der Waals surface area contributed by atoms with Crippen LogP contribution in [-0.4, -0.2) is 6.69 Å². The van der Waals surface area contributed by atoms with E-state index in [9.17, 15) is 0 Å². The van der Waals surface area contributed by atoms with Crippen LogP contribution < -0.4 is 5.19 Å². The van der Waals surface area contributed by atoms with Crippen molar-refractivity contribution < 1.29 is 0 Å². The van der Waals surface area contributed by atoms with Crippen molar-refractivity contribution in [2.24, 2.45) is 0 Å². The summed E-state index contributed by atoms with van der Waals surface area (Å²) in [5.74, 6) is 0. The SMILES string of the molecule is Cc1cccc([Si](C)(Cl)Cl)c1. The lowest BCUT2D eigenvalue weighted by Gasteiger charge is -2.10. The highest BCUT2D eigenvalue weighted by Crippen LogP contribution is 2.14. The van der Waals surface area contributed by atoms with Gasteiger partial charge in [0.05, 0.1) is 0 Å². The molecule has 0 aromatic heterocycles. The van der Waals surface area contributed by atoms with Gasteiger partial charge in [0.2, 0.25) is 0 Å². The predicted molar refractivity (Wildman–Crippen MR) is 54.1 cm³/mol. The molecule has 1 rings (SSSR count). The van der Waals surface area contributed by atoms with Crippen LogP contribution in [0.2, 0.25) is 6.55 Å². The molecular weight excluding hydrogens is 195 g/mol. The second-order valence-electron chi connectivity index (χ2n) is 2.76. The molecule has 11 heavy (non-hydrogen) atoms. The molecular formula is C8H10Cl2Si. The standard InChI is InChI=1S/C8H10Cl2Si/c1-7-4-3-5-8(6-7)11(2,9)10/h3-6H,1-2H3. The fraction of sp³-hybridized carbons (Fsp3) is 0.250. The van der Waals surface area contributed by atoms with Gasteiger partial charge in [0.1, 0.15) is 0 Å². The van der Waals surface area contributed by atoms with Crippen molar-refractivity contribution in [2.45, 2.75) is 13.5 Å². The quantitative estimate of drug-likeness (QED) is 0.488.